The van der Waals surface area contributed by atoms with Crippen LogP contribution in [0.1, 0.15) is 44.7 Å². The Morgan fingerprint density at radius 1 is 1.03 bits per heavy atom. The van der Waals surface area contributed by atoms with E-state index >= 15 is 0 Å². The quantitative estimate of drug-likeness (QED) is 0.615. The van der Waals surface area contributed by atoms with Crippen LogP contribution in [0.5, 0.6) is 5.75 Å². The summed E-state index contributed by atoms with van der Waals surface area (Å²) in [5, 5.41) is 2.74. The normalized spacial score (nSPS) is 15.2. The number of carbonyl (C=O) groups excluding carboxylic acids is 1. The predicted octanol–water partition coefficient (Wildman–Crippen LogP) is 3.69. The van der Waals surface area contributed by atoms with Gasteiger partial charge < -0.3 is 15.0 Å². The largest absolute Gasteiger partial charge is 0.494 e. The number of amides is 1. The van der Waals surface area contributed by atoms with Crippen LogP contribution < -0.4 is 19.7 Å². The summed E-state index contributed by atoms with van der Waals surface area (Å²) in [4.78, 5) is 14.6. The molecule has 31 heavy (non-hydrogen) atoms. The first-order chi connectivity index (χ1) is 14.9. The van der Waals surface area contributed by atoms with Gasteiger partial charge in [-0.05, 0) is 75.1 Å². The fraction of sp³-hybridized carbons (Fsp3) is 0.435. The molecule has 0 radical (unpaired) electrons. The lowest BCUT2D eigenvalue weighted by atomic mass is 10.1. The number of nitrogens with one attached hydrogen (secondary N) is 2. The molecule has 2 N–H and O–H groups in total. The van der Waals surface area contributed by atoms with Crippen molar-refractivity contribution in [3.05, 3.63) is 54.1 Å². The minimum absolute atomic E-state index is 0.317. The van der Waals surface area contributed by atoms with E-state index in [-0.39, 0.29) is 6.04 Å². The van der Waals surface area contributed by atoms with Crippen LogP contribution >= 0.6 is 0 Å². The van der Waals surface area contributed by atoms with E-state index in [1.54, 1.807) is 12.1 Å². The molecule has 1 atom stereocenters. The fourth-order valence-electron chi connectivity index (χ4n) is 3.67. The number of piperidine rings is 1. The van der Waals surface area contributed by atoms with Gasteiger partial charge in [-0.3, -0.25) is 9.52 Å². The molecular weight excluding hydrogens is 414 g/mol. The first-order valence-corrected chi connectivity index (χ1v) is 12.4. The van der Waals surface area contributed by atoms with Crippen molar-refractivity contribution in [2.45, 2.75) is 39.2 Å². The summed E-state index contributed by atoms with van der Waals surface area (Å²) in [6.07, 6.45) is 3.62. The smallest absolute Gasteiger partial charge is 0.241 e. The summed E-state index contributed by atoms with van der Waals surface area (Å²) in [5.74, 6) is -0.441. The van der Waals surface area contributed by atoms with Gasteiger partial charge in [-0.2, -0.15) is 0 Å². The molecule has 1 aliphatic rings. The third-order valence-electron chi connectivity index (χ3n) is 5.25. The van der Waals surface area contributed by atoms with Gasteiger partial charge in [0.1, 0.15) is 11.5 Å². The molecule has 1 fully saturated rings. The second kappa shape index (κ2) is 10.5. The van der Waals surface area contributed by atoms with Crippen molar-refractivity contribution in [2.75, 3.05) is 35.1 Å². The minimum Gasteiger partial charge on any atom is -0.494 e. The highest BCUT2D eigenvalue weighted by molar-refractivity contribution is 7.93. The molecule has 168 valence electrons. The number of carbonyl (C=O) groups is 1. The molecule has 1 heterocycles. The zero-order valence-electron chi connectivity index (χ0n) is 18.1. The molecule has 1 unspecified atom stereocenters. The maximum absolute atomic E-state index is 12.4. The van der Waals surface area contributed by atoms with Crippen LogP contribution in [0.15, 0.2) is 48.5 Å². The SMILES string of the molecule is CCOc1ccc(C(C)NC(=O)CS(=O)(=O)Nc2ccc(N3CCCCC3)cc2)cc1. The average Bonchev–Trinajstić information content (AvgIpc) is 2.75. The van der Waals surface area contributed by atoms with Crippen molar-refractivity contribution in [1.82, 2.24) is 5.32 Å². The van der Waals surface area contributed by atoms with Crippen LogP contribution in [0.3, 0.4) is 0 Å². The molecule has 8 heteroatoms. The maximum atomic E-state index is 12.4. The number of ether oxygens (including phenoxy) is 1. The summed E-state index contributed by atoms with van der Waals surface area (Å²) in [5.41, 5.74) is 2.41. The summed E-state index contributed by atoms with van der Waals surface area (Å²) in [6, 6.07) is 14.3. The number of benzene rings is 2. The summed E-state index contributed by atoms with van der Waals surface area (Å²) in [6.45, 7) is 6.36. The first kappa shape index (κ1) is 22.9. The molecule has 1 saturated heterocycles. The lowest BCUT2D eigenvalue weighted by molar-refractivity contribution is -0.119. The molecule has 0 saturated carbocycles. The van der Waals surface area contributed by atoms with E-state index in [1.807, 2.05) is 50.2 Å². The molecule has 0 aromatic heterocycles. The Labute approximate surface area is 184 Å². The van der Waals surface area contributed by atoms with Gasteiger partial charge in [0.25, 0.3) is 0 Å². The number of sulfonamides is 1. The second-order valence-electron chi connectivity index (χ2n) is 7.75. The summed E-state index contributed by atoms with van der Waals surface area (Å²) in [7, 11) is -3.81. The Morgan fingerprint density at radius 2 is 1.68 bits per heavy atom. The lowest BCUT2D eigenvalue weighted by Gasteiger charge is -2.28. The molecule has 2 aromatic rings. The fourth-order valence-corrected chi connectivity index (χ4v) is 4.66. The van der Waals surface area contributed by atoms with E-state index in [2.05, 4.69) is 14.9 Å². The second-order valence-corrected chi connectivity index (χ2v) is 9.47. The van der Waals surface area contributed by atoms with Crippen molar-refractivity contribution in [1.29, 1.82) is 0 Å². The van der Waals surface area contributed by atoms with Gasteiger partial charge in [-0.1, -0.05) is 12.1 Å². The zero-order chi connectivity index (χ0) is 22.3. The van der Waals surface area contributed by atoms with E-state index in [0.717, 1.165) is 30.1 Å². The molecule has 0 spiro atoms. The Bertz CT molecular complexity index is 953. The average molecular weight is 446 g/mol. The van der Waals surface area contributed by atoms with Crippen LogP contribution in [0, 0.1) is 0 Å². The van der Waals surface area contributed by atoms with Gasteiger partial charge in [-0.25, -0.2) is 8.42 Å². The Kier molecular flexibility index (Phi) is 7.79. The third-order valence-corrected chi connectivity index (χ3v) is 6.44. The summed E-state index contributed by atoms with van der Waals surface area (Å²) < 4.78 is 32.8. The maximum Gasteiger partial charge on any atom is 0.241 e. The van der Waals surface area contributed by atoms with E-state index in [1.165, 1.54) is 19.3 Å². The van der Waals surface area contributed by atoms with Gasteiger partial charge in [0.05, 0.1) is 12.6 Å². The van der Waals surface area contributed by atoms with Gasteiger partial charge in [0.2, 0.25) is 15.9 Å². The van der Waals surface area contributed by atoms with E-state index in [4.69, 9.17) is 4.74 Å². The van der Waals surface area contributed by atoms with Crippen molar-refractivity contribution in [2.24, 2.45) is 0 Å². The van der Waals surface area contributed by atoms with Crippen molar-refractivity contribution in [3.8, 4) is 5.75 Å². The van der Waals surface area contributed by atoms with Crippen LogP contribution in [-0.4, -0.2) is 39.8 Å². The predicted molar refractivity (Wildman–Crippen MR) is 124 cm³/mol. The highest BCUT2D eigenvalue weighted by Crippen LogP contribution is 2.22. The Balaban J connectivity index is 1.52. The molecular formula is C23H31N3O4S. The Hall–Kier alpha value is -2.74. The summed E-state index contributed by atoms with van der Waals surface area (Å²) >= 11 is 0. The van der Waals surface area contributed by atoms with E-state index < -0.39 is 21.7 Å². The van der Waals surface area contributed by atoms with Gasteiger partial charge in [0.15, 0.2) is 0 Å². The zero-order valence-corrected chi connectivity index (χ0v) is 19.0. The number of hydrogen-bond donors (Lipinski definition) is 2. The Morgan fingerprint density at radius 3 is 2.29 bits per heavy atom. The van der Waals surface area contributed by atoms with Gasteiger partial charge in [0, 0.05) is 24.5 Å². The number of anilines is 2. The highest BCUT2D eigenvalue weighted by atomic mass is 32.2. The topological polar surface area (TPSA) is 87.7 Å². The molecule has 3 rings (SSSR count). The van der Waals surface area contributed by atoms with Crippen molar-refractivity contribution >= 4 is 27.3 Å². The number of hydrogen-bond acceptors (Lipinski definition) is 5. The first-order valence-electron chi connectivity index (χ1n) is 10.7. The van der Waals surface area contributed by atoms with Crippen molar-refractivity contribution < 1.29 is 17.9 Å². The van der Waals surface area contributed by atoms with Crippen LogP contribution in [0.25, 0.3) is 0 Å². The van der Waals surface area contributed by atoms with Crippen molar-refractivity contribution in [3.63, 3.8) is 0 Å². The molecule has 1 amide bonds. The van der Waals surface area contributed by atoms with Gasteiger partial charge >= 0.3 is 0 Å². The monoisotopic (exact) mass is 445 g/mol. The van der Waals surface area contributed by atoms with Crippen LogP contribution in [0.2, 0.25) is 0 Å². The van der Waals surface area contributed by atoms with Crippen LogP contribution in [0.4, 0.5) is 11.4 Å². The lowest BCUT2D eigenvalue weighted by Crippen LogP contribution is -2.34. The molecule has 2 aromatic carbocycles. The number of rotatable bonds is 9. The third kappa shape index (κ3) is 6.89. The number of nitrogens with zero attached hydrogens (tertiary/aromatic N) is 1. The molecule has 0 bridgehead atoms. The van der Waals surface area contributed by atoms with E-state index in [9.17, 15) is 13.2 Å². The molecule has 0 aliphatic carbocycles. The van der Waals surface area contributed by atoms with Crippen LogP contribution in [-0.2, 0) is 14.8 Å². The molecule has 1 aliphatic heterocycles. The highest BCUT2D eigenvalue weighted by Gasteiger charge is 2.19. The van der Waals surface area contributed by atoms with Gasteiger partial charge in [-0.15, -0.1) is 0 Å². The molecule has 7 nitrogen and oxygen atoms in total. The standard InChI is InChI=1S/C23H31N3O4S/c1-3-30-22-13-7-19(8-14-22)18(2)24-23(27)17-31(28,29)25-20-9-11-21(12-10-20)26-15-5-4-6-16-26/h7-14,18,25H,3-6,15-17H2,1-2H3,(H,24,27). The van der Waals surface area contributed by atoms with E-state index in [0.29, 0.717) is 12.3 Å². The minimum atomic E-state index is -3.81.